The van der Waals surface area contributed by atoms with Gasteiger partial charge in [-0.1, -0.05) is 72.8 Å². The second kappa shape index (κ2) is 8.41. The van der Waals surface area contributed by atoms with Crippen LogP contribution < -0.4 is 0 Å². The molecule has 3 aromatic carbocycles. The number of hydrogen-bond donors (Lipinski definition) is 0. The molecular formula is C25H26N2O. The molecule has 1 aliphatic heterocycles. The minimum atomic E-state index is 0.201. The lowest BCUT2D eigenvalue weighted by atomic mass is 9.99. The first-order valence-corrected chi connectivity index (χ1v) is 9.87. The Labute approximate surface area is 166 Å². The first kappa shape index (κ1) is 18.5. The molecule has 28 heavy (non-hydrogen) atoms. The zero-order valence-electron chi connectivity index (χ0n) is 16.3. The van der Waals surface area contributed by atoms with Crippen molar-refractivity contribution in [3.63, 3.8) is 0 Å². The van der Waals surface area contributed by atoms with Gasteiger partial charge >= 0.3 is 0 Å². The van der Waals surface area contributed by atoms with E-state index in [2.05, 4.69) is 77.7 Å². The molecule has 0 N–H and O–H groups in total. The topological polar surface area (TPSA) is 23.6 Å². The third kappa shape index (κ3) is 4.32. The average molecular weight is 370 g/mol. The van der Waals surface area contributed by atoms with Crippen molar-refractivity contribution in [3.8, 4) is 0 Å². The Kier molecular flexibility index (Phi) is 5.54. The number of benzene rings is 3. The summed E-state index contributed by atoms with van der Waals surface area (Å²) in [7, 11) is 2.02. The molecule has 0 atom stereocenters. The number of carbonyl (C=O) groups is 1. The van der Waals surface area contributed by atoms with Crippen LogP contribution in [-0.4, -0.2) is 42.4 Å². The molecule has 0 bridgehead atoms. The van der Waals surface area contributed by atoms with E-state index in [-0.39, 0.29) is 5.91 Å². The molecule has 1 amide bonds. The summed E-state index contributed by atoms with van der Waals surface area (Å²) in [4.78, 5) is 16.8. The van der Waals surface area contributed by atoms with Crippen LogP contribution in [-0.2, 0) is 11.3 Å². The molecule has 0 aliphatic carbocycles. The van der Waals surface area contributed by atoms with Crippen molar-refractivity contribution in [2.24, 2.45) is 0 Å². The van der Waals surface area contributed by atoms with E-state index in [1.54, 1.807) is 0 Å². The number of carbonyl (C=O) groups excluding carboxylic acids is 1. The molecule has 142 valence electrons. The van der Waals surface area contributed by atoms with Gasteiger partial charge < -0.3 is 4.90 Å². The van der Waals surface area contributed by atoms with Crippen LogP contribution in [0.5, 0.6) is 0 Å². The normalized spacial score (nSPS) is 14.4. The van der Waals surface area contributed by atoms with E-state index in [1.165, 1.54) is 27.5 Å². The van der Waals surface area contributed by atoms with Crippen LogP contribution in [0.4, 0.5) is 0 Å². The zero-order valence-corrected chi connectivity index (χ0v) is 16.3. The molecule has 0 spiro atoms. The Morgan fingerprint density at radius 1 is 0.964 bits per heavy atom. The van der Waals surface area contributed by atoms with Gasteiger partial charge in [0.1, 0.15) is 0 Å². The SMILES string of the molecule is CN(CC(=O)N1CC=C(c2ccccc2)CC1)Cc1ccc2ccccc2c1. The van der Waals surface area contributed by atoms with E-state index in [9.17, 15) is 4.79 Å². The van der Waals surface area contributed by atoms with Crippen molar-refractivity contribution in [1.29, 1.82) is 0 Å². The number of rotatable bonds is 5. The standard InChI is InChI=1S/C25H26N2O/c1-26(18-20-11-12-22-9-5-6-10-24(22)17-20)19-25(28)27-15-13-23(14-16-27)21-7-3-2-4-8-21/h2-13,17H,14-16,18-19H2,1H3. The van der Waals surface area contributed by atoms with Gasteiger partial charge in [-0.2, -0.15) is 0 Å². The lowest BCUT2D eigenvalue weighted by Gasteiger charge is -2.28. The number of amides is 1. The molecule has 3 heteroatoms. The summed E-state index contributed by atoms with van der Waals surface area (Å²) in [6.07, 6.45) is 3.12. The molecule has 3 aromatic rings. The fraction of sp³-hybridized carbons (Fsp3) is 0.240. The fourth-order valence-electron chi connectivity index (χ4n) is 3.85. The minimum Gasteiger partial charge on any atom is -0.338 e. The van der Waals surface area contributed by atoms with Crippen LogP contribution in [0.25, 0.3) is 16.3 Å². The molecule has 1 heterocycles. The zero-order chi connectivity index (χ0) is 19.3. The first-order valence-electron chi connectivity index (χ1n) is 9.87. The highest BCUT2D eigenvalue weighted by Gasteiger charge is 2.19. The summed E-state index contributed by atoms with van der Waals surface area (Å²) in [6, 6.07) is 25.3. The Morgan fingerprint density at radius 2 is 1.71 bits per heavy atom. The van der Waals surface area contributed by atoms with E-state index < -0.39 is 0 Å². The maximum Gasteiger partial charge on any atom is 0.237 e. The number of likely N-dealkylation sites (N-methyl/N-ethyl adjacent to an activating group) is 1. The molecule has 1 aliphatic rings. The molecule has 0 aromatic heterocycles. The average Bonchev–Trinajstić information content (AvgIpc) is 2.74. The summed E-state index contributed by atoms with van der Waals surface area (Å²) < 4.78 is 0. The van der Waals surface area contributed by atoms with Crippen molar-refractivity contribution in [3.05, 3.63) is 90.0 Å². The van der Waals surface area contributed by atoms with Crippen molar-refractivity contribution in [1.82, 2.24) is 9.80 Å². The van der Waals surface area contributed by atoms with Gasteiger partial charge in [-0.15, -0.1) is 0 Å². The highest BCUT2D eigenvalue weighted by Crippen LogP contribution is 2.22. The predicted molar refractivity (Wildman–Crippen MR) is 116 cm³/mol. The molecule has 0 unspecified atom stereocenters. The second-order valence-electron chi connectivity index (χ2n) is 7.54. The van der Waals surface area contributed by atoms with Gasteiger partial charge in [-0.3, -0.25) is 9.69 Å². The highest BCUT2D eigenvalue weighted by atomic mass is 16.2. The van der Waals surface area contributed by atoms with Crippen molar-refractivity contribution >= 4 is 22.3 Å². The third-order valence-electron chi connectivity index (χ3n) is 5.38. The smallest absolute Gasteiger partial charge is 0.237 e. The Morgan fingerprint density at radius 3 is 2.46 bits per heavy atom. The van der Waals surface area contributed by atoms with E-state index in [1.807, 2.05) is 18.0 Å². The van der Waals surface area contributed by atoms with Crippen LogP contribution in [0.2, 0.25) is 0 Å². The lowest BCUT2D eigenvalue weighted by Crippen LogP contribution is -2.40. The molecule has 4 rings (SSSR count). The van der Waals surface area contributed by atoms with Gasteiger partial charge in [0.05, 0.1) is 6.54 Å². The van der Waals surface area contributed by atoms with Gasteiger partial charge in [0, 0.05) is 19.6 Å². The first-order chi connectivity index (χ1) is 13.7. The van der Waals surface area contributed by atoms with Crippen LogP contribution in [0.1, 0.15) is 17.5 Å². The van der Waals surface area contributed by atoms with E-state index in [0.29, 0.717) is 13.1 Å². The van der Waals surface area contributed by atoms with E-state index in [0.717, 1.165) is 19.5 Å². The summed E-state index contributed by atoms with van der Waals surface area (Å²) >= 11 is 0. The summed E-state index contributed by atoms with van der Waals surface area (Å²) in [5.41, 5.74) is 3.84. The van der Waals surface area contributed by atoms with Gasteiger partial charge in [-0.25, -0.2) is 0 Å². The van der Waals surface area contributed by atoms with E-state index in [4.69, 9.17) is 0 Å². The maximum atomic E-state index is 12.7. The lowest BCUT2D eigenvalue weighted by molar-refractivity contribution is -0.131. The van der Waals surface area contributed by atoms with Crippen LogP contribution >= 0.6 is 0 Å². The molecule has 0 saturated heterocycles. The maximum absolute atomic E-state index is 12.7. The van der Waals surface area contributed by atoms with Gasteiger partial charge in [0.25, 0.3) is 0 Å². The van der Waals surface area contributed by atoms with Crippen molar-refractivity contribution < 1.29 is 4.79 Å². The monoisotopic (exact) mass is 370 g/mol. The number of fused-ring (bicyclic) bond motifs is 1. The summed E-state index contributed by atoms with van der Waals surface area (Å²) in [5, 5.41) is 2.49. The van der Waals surface area contributed by atoms with Gasteiger partial charge in [0.15, 0.2) is 0 Å². The molecule has 0 radical (unpaired) electrons. The number of hydrogen-bond acceptors (Lipinski definition) is 2. The highest BCUT2D eigenvalue weighted by molar-refractivity contribution is 5.83. The van der Waals surface area contributed by atoms with Crippen LogP contribution in [0, 0.1) is 0 Å². The Hall–Kier alpha value is -2.91. The van der Waals surface area contributed by atoms with Crippen molar-refractivity contribution in [2.75, 3.05) is 26.7 Å². The molecular weight excluding hydrogens is 344 g/mol. The second-order valence-corrected chi connectivity index (χ2v) is 7.54. The molecule has 3 nitrogen and oxygen atoms in total. The Balaban J connectivity index is 1.33. The minimum absolute atomic E-state index is 0.201. The van der Waals surface area contributed by atoms with E-state index >= 15 is 0 Å². The summed E-state index contributed by atoms with van der Waals surface area (Å²) in [6.45, 7) is 2.72. The number of nitrogens with zero attached hydrogens (tertiary/aromatic N) is 2. The molecule has 0 fully saturated rings. The van der Waals surface area contributed by atoms with Crippen LogP contribution in [0.15, 0.2) is 78.9 Å². The van der Waals surface area contributed by atoms with Gasteiger partial charge in [-0.05, 0) is 47.0 Å². The quantitative estimate of drug-likeness (QED) is 0.656. The van der Waals surface area contributed by atoms with Gasteiger partial charge in [0.2, 0.25) is 5.91 Å². The Bertz CT molecular complexity index is 994. The van der Waals surface area contributed by atoms with Crippen molar-refractivity contribution in [2.45, 2.75) is 13.0 Å². The molecule has 0 saturated carbocycles. The van der Waals surface area contributed by atoms with Crippen LogP contribution in [0.3, 0.4) is 0 Å². The predicted octanol–water partition coefficient (Wildman–Crippen LogP) is 4.59. The third-order valence-corrected chi connectivity index (χ3v) is 5.38. The largest absolute Gasteiger partial charge is 0.338 e. The summed E-state index contributed by atoms with van der Waals surface area (Å²) in [5.74, 6) is 0.201. The fourth-order valence-corrected chi connectivity index (χ4v) is 3.85.